The molecule has 186 valence electrons. The number of esters is 2. The average Bonchev–Trinajstić information content (AvgIpc) is 2.66. The van der Waals surface area contributed by atoms with E-state index in [0.29, 0.717) is 18.7 Å². The largest absolute Gasteiger partial charge is 0.462 e. The fourth-order valence-corrected chi connectivity index (χ4v) is 3.41. The number of aliphatic hydroxyl groups excluding tert-OH is 2. The van der Waals surface area contributed by atoms with E-state index in [4.69, 9.17) is 13.7 Å². The Balaban J connectivity index is 6.39. The van der Waals surface area contributed by atoms with Crippen LogP contribution >= 0.6 is 0 Å². The quantitative estimate of drug-likeness (QED) is 0.0513. The van der Waals surface area contributed by atoms with Gasteiger partial charge in [-0.15, -0.1) is 0 Å². The zero-order valence-electron chi connectivity index (χ0n) is 17.8. The van der Waals surface area contributed by atoms with E-state index in [-0.39, 0.29) is 19.5 Å². The lowest BCUT2D eigenvalue weighted by Gasteiger charge is -2.32. The van der Waals surface area contributed by atoms with Crippen LogP contribution in [0.3, 0.4) is 0 Å². The first kappa shape index (κ1) is 29.9. The fourth-order valence-electron chi connectivity index (χ4n) is 2.21. The maximum Gasteiger partial charge on any atom is 0.347 e. The summed E-state index contributed by atoms with van der Waals surface area (Å²) in [6.45, 7) is 1.65. The van der Waals surface area contributed by atoms with E-state index < -0.39 is 68.7 Å². The van der Waals surface area contributed by atoms with Crippen LogP contribution in [0.25, 0.3) is 0 Å². The van der Waals surface area contributed by atoms with Crippen molar-refractivity contribution in [3.05, 3.63) is 11.8 Å². The Morgan fingerprint density at radius 1 is 0.969 bits per heavy atom. The first-order valence-corrected chi connectivity index (χ1v) is 12.6. The van der Waals surface area contributed by atoms with Gasteiger partial charge in [-0.3, -0.25) is 8.37 Å². The van der Waals surface area contributed by atoms with Gasteiger partial charge in [-0.2, -0.15) is 16.8 Å². The van der Waals surface area contributed by atoms with Crippen molar-refractivity contribution >= 4 is 38.5 Å². The maximum absolute atomic E-state index is 12.1. The number of ether oxygens (including phenoxy) is 2. The van der Waals surface area contributed by atoms with Crippen LogP contribution in [0.1, 0.15) is 13.8 Å². The summed E-state index contributed by atoms with van der Waals surface area (Å²) in [4.78, 5) is 35.6. The molecule has 16 heteroatoms. The molecule has 0 heterocycles. The number of rotatable bonds is 15. The summed E-state index contributed by atoms with van der Waals surface area (Å²) in [6, 6.07) is -1.79. The lowest BCUT2D eigenvalue weighted by atomic mass is 10.0. The van der Waals surface area contributed by atoms with Crippen LogP contribution in [0, 0.1) is 0 Å². The highest BCUT2D eigenvalue weighted by atomic mass is 32.2. The molecule has 32 heavy (non-hydrogen) atoms. The predicted molar refractivity (Wildman–Crippen MR) is 107 cm³/mol. The summed E-state index contributed by atoms with van der Waals surface area (Å²) < 4.78 is 65.0. The minimum atomic E-state index is -4.38. The molecule has 0 amide bonds. The zero-order chi connectivity index (χ0) is 25.1. The molecule has 14 nitrogen and oxygen atoms in total. The molecule has 0 spiro atoms. The fraction of sp³-hybridized carbons (Fsp3) is 0.688. The van der Waals surface area contributed by atoms with E-state index in [2.05, 4.69) is 9.50 Å². The molecule has 0 aliphatic rings. The molecule has 0 aromatic rings. The first-order valence-electron chi connectivity index (χ1n) is 9.01. The molecule has 0 aromatic heterocycles. The van der Waals surface area contributed by atoms with E-state index in [9.17, 15) is 41.4 Å². The van der Waals surface area contributed by atoms with Crippen molar-refractivity contribution in [2.24, 2.45) is 0 Å². The number of nitrogens with one attached hydrogen (secondary N) is 1. The third-order valence-electron chi connectivity index (χ3n) is 3.40. The van der Waals surface area contributed by atoms with Crippen molar-refractivity contribution in [3.8, 4) is 0 Å². The van der Waals surface area contributed by atoms with E-state index in [1.54, 1.807) is 0 Å². The molecular formula is C16H27NO13S2. The van der Waals surface area contributed by atoms with Gasteiger partial charge in [-0.25, -0.2) is 9.59 Å². The lowest BCUT2D eigenvalue weighted by molar-refractivity contribution is -0.146. The maximum atomic E-state index is 12.1. The monoisotopic (exact) mass is 505 g/mol. The van der Waals surface area contributed by atoms with Gasteiger partial charge in [0.1, 0.15) is 6.10 Å². The summed E-state index contributed by atoms with van der Waals surface area (Å²) in [5.74, 6) is -2.29. The highest BCUT2D eigenvalue weighted by Gasteiger charge is 2.40. The molecule has 4 atom stereocenters. The molecular weight excluding hydrogens is 478 g/mol. The molecule has 0 aliphatic heterocycles. The van der Waals surface area contributed by atoms with E-state index >= 15 is 0 Å². The van der Waals surface area contributed by atoms with Gasteiger partial charge >= 0.3 is 11.9 Å². The Hall–Kier alpha value is -2.11. The first-order chi connectivity index (χ1) is 14.7. The Kier molecular flexibility index (Phi) is 12.6. The molecule has 0 radical (unpaired) electrons. The zero-order valence-corrected chi connectivity index (χ0v) is 19.4. The Morgan fingerprint density at radius 3 is 1.78 bits per heavy atom. The molecule has 0 bridgehead atoms. The number of aliphatic hydroxyl groups is 2. The third kappa shape index (κ3) is 11.0. The summed E-state index contributed by atoms with van der Waals surface area (Å²) in [7, 11) is -8.70. The Morgan fingerprint density at radius 2 is 1.44 bits per heavy atom. The van der Waals surface area contributed by atoms with Crippen molar-refractivity contribution in [2.45, 2.75) is 38.2 Å². The molecule has 0 aliphatic carbocycles. The summed E-state index contributed by atoms with van der Waals surface area (Å²) in [5.41, 5.74) is -0.714. The second kappa shape index (κ2) is 13.4. The van der Waals surface area contributed by atoms with Crippen LogP contribution in [0.5, 0.6) is 0 Å². The predicted octanol–water partition coefficient (Wildman–Crippen LogP) is -2.80. The lowest BCUT2D eigenvalue weighted by Crippen LogP contribution is -2.56. The van der Waals surface area contributed by atoms with Gasteiger partial charge in [0.2, 0.25) is 0 Å². The second-order valence-electron chi connectivity index (χ2n) is 6.11. The number of aldehydes is 1. The van der Waals surface area contributed by atoms with Gasteiger partial charge in [0, 0.05) is 6.20 Å². The normalized spacial score (nSPS) is 15.6. The van der Waals surface area contributed by atoms with Crippen LogP contribution in [0.15, 0.2) is 11.8 Å². The van der Waals surface area contributed by atoms with Gasteiger partial charge in [0.25, 0.3) is 20.2 Å². The summed E-state index contributed by atoms with van der Waals surface area (Å²) in [5, 5.41) is 21.8. The van der Waals surface area contributed by atoms with Crippen molar-refractivity contribution < 1.29 is 59.3 Å². The smallest absolute Gasteiger partial charge is 0.347 e. The number of carbonyl (C=O) groups is 3. The van der Waals surface area contributed by atoms with Gasteiger partial charge in [0.15, 0.2) is 18.0 Å². The van der Waals surface area contributed by atoms with Crippen molar-refractivity contribution in [1.82, 2.24) is 5.32 Å². The van der Waals surface area contributed by atoms with Crippen LogP contribution in [0.4, 0.5) is 0 Å². The molecule has 4 unspecified atom stereocenters. The van der Waals surface area contributed by atoms with Gasteiger partial charge < -0.3 is 29.8 Å². The number of hydrogen-bond donors (Lipinski definition) is 3. The van der Waals surface area contributed by atoms with Crippen molar-refractivity contribution in [1.29, 1.82) is 0 Å². The number of carbonyl (C=O) groups excluding carboxylic acids is 3. The molecule has 3 N–H and O–H groups in total. The molecule has 0 fully saturated rings. The van der Waals surface area contributed by atoms with Gasteiger partial charge in [0.05, 0.1) is 44.5 Å². The van der Waals surface area contributed by atoms with Crippen molar-refractivity contribution in [2.75, 3.05) is 32.3 Å². The topological polar surface area (TPSA) is 209 Å². The summed E-state index contributed by atoms with van der Waals surface area (Å²) in [6.07, 6.45) is -4.34. The molecule has 0 saturated heterocycles. The molecule has 0 aromatic carbocycles. The van der Waals surface area contributed by atoms with E-state index in [0.717, 1.165) is 0 Å². The SMILES string of the molecule is CCOC(=O)C(=CNC(C(O)CO)C(OS(C)(=O)=O)C(C=O)OS(C)(=O)=O)C(=O)OCC. The van der Waals surface area contributed by atoms with Gasteiger partial charge in [-0.1, -0.05) is 0 Å². The highest BCUT2D eigenvalue weighted by molar-refractivity contribution is 7.86. The Bertz CT molecular complexity index is 862. The van der Waals surface area contributed by atoms with Gasteiger partial charge in [-0.05, 0) is 13.8 Å². The summed E-state index contributed by atoms with van der Waals surface area (Å²) >= 11 is 0. The van der Waals surface area contributed by atoms with Crippen LogP contribution in [0.2, 0.25) is 0 Å². The standard InChI is InChI=1S/C16H27NO13S2/c1-5-27-15(21)10(16(22)28-6-2)7-17-13(11(20)8-18)14(30-32(4,25)26)12(9-19)29-31(3,23)24/h7,9,11-14,17-18,20H,5-6,8H2,1-4H3. The van der Waals surface area contributed by atoms with Crippen LogP contribution < -0.4 is 5.32 Å². The minimum absolute atomic E-state index is 0.100. The Labute approximate surface area is 185 Å². The van der Waals surface area contributed by atoms with Crippen molar-refractivity contribution in [3.63, 3.8) is 0 Å². The third-order valence-corrected chi connectivity index (χ3v) is 4.54. The van der Waals surface area contributed by atoms with Crippen LogP contribution in [-0.4, -0.2) is 102 Å². The number of hydrogen-bond acceptors (Lipinski definition) is 14. The molecule has 0 saturated carbocycles. The highest BCUT2D eigenvalue weighted by Crippen LogP contribution is 2.16. The molecule has 0 rings (SSSR count). The minimum Gasteiger partial charge on any atom is -0.462 e. The van der Waals surface area contributed by atoms with E-state index in [1.165, 1.54) is 13.8 Å². The average molecular weight is 506 g/mol. The van der Waals surface area contributed by atoms with Crippen LogP contribution in [-0.2, 0) is 52.5 Å². The van der Waals surface area contributed by atoms with E-state index in [1.807, 2.05) is 0 Å². The second-order valence-corrected chi connectivity index (χ2v) is 9.31.